The molecular weight excluding hydrogens is 248 g/mol. The molecule has 0 amide bonds. The van der Waals surface area contributed by atoms with Crippen LogP contribution in [-0.4, -0.2) is 49.3 Å². The Morgan fingerprint density at radius 2 is 1.95 bits per heavy atom. The van der Waals surface area contributed by atoms with Crippen molar-refractivity contribution in [2.45, 2.75) is 71.9 Å². The van der Waals surface area contributed by atoms with Gasteiger partial charge in [-0.2, -0.15) is 0 Å². The van der Waals surface area contributed by atoms with E-state index in [1.165, 1.54) is 32.2 Å². The first-order valence-electron chi connectivity index (χ1n) is 8.45. The summed E-state index contributed by atoms with van der Waals surface area (Å²) in [6.07, 6.45) is 5.23. The molecule has 20 heavy (non-hydrogen) atoms. The molecule has 1 aliphatic rings. The second kappa shape index (κ2) is 9.01. The van der Waals surface area contributed by atoms with E-state index in [1.54, 1.807) is 0 Å². The lowest BCUT2D eigenvalue weighted by Gasteiger charge is -2.37. The summed E-state index contributed by atoms with van der Waals surface area (Å²) in [6.45, 7) is 16.5. The zero-order chi connectivity index (χ0) is 15.0. The van der Waals surface area contributed by atoms with E-state index < -0.39 is 0 Å². The van der Waals surface area contributed by atoms with Crippen molar-refractivity contribution in [3.05, 3.63) is 0 Å². The van der Waals surface area contributed by atoms with E-state index in [2.05, 4.69) is 44.8 Å². The van der Waals surface area contributed by atoms with Crippen molar-refractivity contribution in [2.24, 2.45) is 5.92 Å². The van der Waals surface area contributed by atoms with Crippen LogP contribution in [0.5, 0.6) is 0 Å². The van der Waals surface area contributed by atoms with E-state index in [4.69, 9.17) is 4.74 Å². The van der Waals surface area contributed by atoms with Crippen LogP contribution in [0.15, 0.2) is 0 Å². The van der Waals surface area contributed by atoms with Crippen LogP contribution in [0.4, 0.5) is 0 Å². The van der Waals surface area contributed by atoms with Crippen molar-refractivity contribution in [1.82, 2.24) is 10.2 Å². The summed E-state index contributed by atoms with van der Waals surface area (Å²) in [6, 6.07) is 0.691. The van der Waals surface area contributed by atoms with Gasteiger partial charge in [0.05, 0.1) is 6.61 Å². The van der Waals surface area contributed by atoms with Crippen LogP contribution in [0.3, 0.4) is 0 Å². The van der Waals surface area contributed by atoms with Gasteiger partial charge in [0.25, 0.3) is 0 Å². The molecule has 1 heterocycles. The molecule has 1 atom stereocenters. The average Bonchev–Trinajstić information content (AvgIpc) is 2.36. The Balaban J connectivity index is 2.22. The summed E-state index contributed by atoms with van der Waals surface area (Å²) in [4.78, 5) is 2.62. The monoisotopic (exact) mass is 284 g/mol. The van der Waals surface area contributed by atoms with E-state index in [0.29, 0.717) is 6.04 Å². The van der Waals surface area contributed by atoms with E-state index in [-0.39, 0.29) is 5.54 Å². The van der Waals surface area contributed by atoms with Gasteiger partial charge in [-0.05, 0) is 52.5 Å². The standard InChI is InChI=1S/C17H36N2O/c1-15(2)9-12-20-13-11-19-10-7-6-8-16(19)14-18-17(3,4)5/h15-16,18H,6-14H2,1-5H3. The molecule has 3 nitrogen and oxygen atoms in total. The molecule has 120 valence electrons. The maximum absolute atomic E-state index is 5.78. The SMILES string of the molecule is CC(C)CCOCCN1CCCCC1CNC(C)(C)C. The summed E-state index contributed by atoms with van der Waals surface area (Å²) in [5.41, 5.74) is 0.219. The fraction of sp³-hybridized carbons (Fsp3) is 1.00. The van der Waals surface area contributed by atoms with Crippen molar-refractivity contribution in [3.8, 4) is 0 Å². The first kappa shape index (κ1) is 17.9. The van der Waals surface area contributed by atoms with Crippen molar-refractivity contribution >= 4 is 0 Å². The van der Waals surface area contributed by atoms with Crippen molar-refractivity contribution in [1.29, 1.82) is 0 Å². The fourth-order valence-corrected chi connectivity index (χ4v) is 2.61. The molecule has 1 aliphatic heterocycles. The van der Waals surface area contributed by atoms with Gasteiger partial charge in [0, 0.05) is 31.3 Å². The minimum Gasteiger partial charge on any atom is -0.380 e. The summed E-state index contributed by atoms with van der Waals surface area (Å²) < 4.78 is 5.78. The molecule has 1 unspecified atom stereocenters. The molecule has 0 aromatic carbocycles. The van der Waals surface area contributed by atoms with Crippen LogP contribution < -0.4 is 5.32 Å². The van der Waals surface area contributed by atoms with E-state index in [9.17, 15) is 0 Å². The number of likely N-dealkylation sites (tertiary alicyclic amines) is 1. The molecule has 0 aromatic heterocycles. The van der Waals surface area contributed by atoms with Crippen LogP contribution in [0.1, 0.15) is 60.3 Å². The predicted octanol–water partition coefficient (Wildman–Crippen LogP) is 3.29. The minimum atomic E-state index is 0.219. The topological polar surface area (TPSA) is 24.5 Å². The number of ether oxygens (including phenoxy) is 1. The number of nitrogens with one attached hydrogen (secondary N) is 1. The highest BCUT2D eigenvalue weighted by molar-refractivity contribution is 4.82. The van der Waals surface area contributed by atoms with Crippen LogP contribution in [0.25, 0.3) is 0 Å². The molecular formula is C17H36N2O. The Labute approximate surface area is 126 Å². The van der Waals surface area contributed by atoms with Gasteiger partial charge < -0.3 is 10.1 Å². The van der Waals surface area contributed by atoms with Gasteiger partial charge in [-0.3, -0.25) is 4.90 Å². The van der Waals surface area contributed by atoms with Gasteiger partial charge in [0.1, 0.15) is 0 Å². The average molecular weight is 284 g/mol. The third-order valence-electron chi connectivity index (χ3n) is 3.98. The van der Waals surface area contributed by atoms with Crippen LogP contribution in [0, 0.1) is 5.92 Å². The number of nitrogens with zero attached hydrogens (tertiary/aromatic N) is 1. The van der Waals surface area contributed by atoms with Gasteiger partial charge in [-0.1, -0.05) is 20.3 Å². The molecule has 1 fully saturated rings. The Hall–Kier alpha value is -0.120. The molecule has 0 saturated carbocycles. The zero-order valence-electron chi connectivity index (χ0n) is 14.4. The lowest BCUT2D eigenvalue weighted by Crippen LogP contribution is -2.50. The lowest BCUT2D eigenvalue weighted by molar-refractivity contribution is 0.0653. The van der Waals surface area contributed by atoms with Crippen LogP contribution in [-0.2, 0) is 4.74 Å². The Morgan fingerprint density at radius 1 is 1.20 bits per heavy atom. The Bertz CT molecular complexity index is 248. The normalized spacial score (nSPS) is 21.6. The number of piperidine rings is 1. The zero-order valence-corrected chi connectivity index (χ0v) is 14.4. The lowest BCUT2D eigenvalue weighted by atomic mass is 10.0. The maximum Gasteiger partial charge on any atom is 0.0593 e. The number of rotatable bonds is 8. The van der Waals surface area contributed by atoms with Gasteiger partial charge >= 0.3 is 0 Å². The van der Waals surface area contributed by atoms with Gasteiger partial charge in [0.15, 0.2) is 0 Å². The second-order valence-corrected chi connectivity index (χ2v) is 7.61. The number of hydrogen-bond acceptors (Lipinski definition) is 3. The molecule has 1 rings (SSSR count). The number of hydrogen-bond donors (Lipinski definition) is 1. The molecule has 1 N–H and O–H groups in total. The second-order valence-electron chi connectivity index (χ2n) is 7.61. The van der Waals surface area contributed by atoms with E-state index in [1.807, 2.05) is 0 Å². The molecule has 0 aromatic rings. The summed E-state index contributed by atoms with van der Waals surface area (Å²) in [7, 11) is 0. The summed E-state index contributed by atoms with van der Waals surface area (Å²) in [5, 5.41) is 3.66. The molecule has 0 radical (unpaired) electrons. The quantitative estimate of drug-likeness (QED) is 0.692. The van der Waals surface area contributed by atoms with Gasteiger partial charge in [0.2, 0.25) is 0 Å². The van der Waals surface area contributed by atoms with Crippen molar-refractivity contribution < 1.29 is 4.74 Å². The van der Waals surface area contributed by atoms with Crippen molar-refractivity contribution in [2.75, 3.05) is 32.8 Å². The van der Waals surface area contributed by atoms with E-state index in [0.717, 1.165) is 32.2 Å². The summed E-state index contributed by atoms with van der Waals surface area (Å²) >= 11 is 0. The Morgan fingerprint density at radius 3 is 2.60 bits per heavy atom. The fourth-order valence-electron chi connectivity index (χ4n) is 2.61. The molecule has 0 aliphatic carbocycles. The van der Waals surface area contributed by atoms with Crippen molar-refractivity contribution in [3.63, 3.8) is 0 Å². The summed E-state index contributed by atoms with van der Waals surface area (Å²) in [5.74, 6) is 0.744. The van der Waals surface area contributed by atoms with Gasteiger partial charge in [-0.25, -0.2) is 0 Å². The third-order valence-corrected chi connectivity index (χ3v) is 3.98. The minimum absolute atomic E-state index is 0.219. The highest BCUT2D eigenvalue weighted by Gasteiger charge is 2.23. The highest BCUT2D eigenvalue weighted by Crippen LogP contribution is 2.17. The predicted molar refractivity (Wildman–Crippen MR) is 87.2 cm³/mol. The van der Waals surface area contributed by atoms with E-state index >= 15 is 0 Å². The third kappa shape index (κ3) is 8.23. The molecule has 0 spiro atoms. The maximum atomic E-state index is 5.78. The molecule has 3 heteroatoms. The first-order chi connectivity index (χ1) is 9.38. The Kier molecular flexibility index (Phi) is 8.08. The molecule has 1 saturated heterocycles. The van der Waals surface area contributed by atoms with Crippen LogP contribution in [0.2, 0.25) is 0 Å². The smallest absolute Gasteiger partial charge is 0.0593 e. The largest absolute Gasteiger partial charge is 0.380 e. The highest BCUT2D eigenvalue weighted by atomic mass is 16.5. The first-order valence-corrected chi connectivity index (χ1v) is 8.45. The van der Waals surface area contributed by atoms with Crippen LogP contribution >= 0.6 is 0 Å². The molecule has 0 bridgehead atoms. The van der Waals surface area contributed by atoms with Gasteiger partial charge in [-0.15, -0.1) is 0 Å².